The van der Waals surface area contributed by atoms with Crippen LogP contribution >= 0.6 is 0 Å². The predicted octanol–water partition coefficient (Wildman–Crippen LogP) is 0.708. The van der Waals surface area contributed by atoms with Gasteiger partial charge in [0.25, 0.3) is 0 Å². The third-order valence-corrected chi connectivity index (χ3v) is 1.78. The molecule has 7 heteroatoms. The average Bonchev–Trinajstić information content (AvgIpc) is 2.28. The number of rotatable bonds is 4. The number of carbonyl (C=O) groups excluding carboxylic acids is 2. The number of carbonyl (C=O) groups is 3. The Morgan fingerprint density at radius 3 is 2.35 bits per heavy atom. The van der Waals surface area contributed by atoms with Gasteiger partial charge >= 0.3 is 18.0 Å². The van der Waals surface area contributed by atoms with Crippen LogP contribution in [0.5, 0.6) is 0 Å². The van der Waals surface area contributed by atoms with Gasteiger partial charge in [0.15, 0.2) is 0 Å². The van der Waals surface area contributed by atoms with Gasteiger partial charge in [0, 0.05) is 6.21 Å². The van der Waals surface area contributed by atoms with E-state index in [-0.39, 0.29) is 12.0 Å². The first-order valence-electron chi connectivity index (χ1n) is 4.82. The Hall–Kier alpha value is -2.18. The molecule has 0 fully saturated rings. The van der Waals surface area contributed by atoms with Crippen molar-refractivity contribution < 1.29 is 24.2 Å². The number of nitrogens with zero attached hydrogens (tertiary/aromatic N) is 1. The van der Waals surface area contributed by atoms with Crippen molar-refractivity contribution in [3.63, 3.8) is 0 Å². The molecular weight excluding hydrogens is 228 g/mol. The molecule has 2 N–H and O–H groups in total. The van der Waals surface area contributed by atoms with E-state index >= 15 is 0 Å². The number of aliphatic imine (C=N–C) groups is 1. The van der Waals surface area contributed by atoms with E-state index in [1.807, 2.05) is 5.32 Å². The first-order chi connectivity index (χ1) is 7.97. The first-order valence-corrected chi connectivity index (χ1v) is 4.82. The van der Waals surface area contributed by atoms with Gasteiger partial charge in [-0.05, 0) is 13.3 Å². The lowest BCUT2D eigenvalue weighted by Gasteiger charge is -2.08. The Bertz CT molecular complexity index is 384. The van der Waals surface area contributed by atoms with Crippen LogP contribution in [-0.2, 0) is 14.3 Å². The molecule has 0 unspecified atom stereocenters. The lowest BCUT2D eigenvalue weighted by atomic mass is 10.1. The number of amides is 2. The SMILES string of the molecule is CC=NC(=O)N/C(C(=O)O)=C(/CC)C(=O)OC. The van der Waals surface area contributed by atoms with Crippen LogP contribution in [-0.4, -0.2) is 36.4 Å². The Morgan fingerprint density at radius 2 is 2.00 bits per heavy atom. The number of aliphatic carboxylic acids is 1. The molecule has 0 aliphatic heterocycles. The fourth-order valence-electron chi connectivity index (χ4n) is 1.06. The fourth-order valence-corrected chi connectivity index (χ4v) is 1.06. The molecule has 0 aliphatic rings. The highest BCUT2D eigenvalue weighted by Crippen LogP contribution is 2.09. The molecule has 0 atom stereocenters. The molecule has 0 aromatic rings. The highest BCUT2D eigenvalue weighted by molar-refractivity contribution is 6.02. The van der Waals surface area contributed by atoms with Crippen LogP contribution in [0, 0.1) is 0 Å². The van der Waals surface area contributed by atoms with Gasteiger partial charge in [-0.1, -0.05) is 6.92 Å². The molecule has 0 spiro atoms. The minimum atomic E-state index is -1.42. The minimum Gasteiger partial charge on any atom is -0.477 e. The first kappa shape index (κ1) is 14.8. The summed E-state index contributed by atoms with van der Waals surface area (Å²) in [5.41, 5.74) is -0.644. The lowest BCUT2D eigenvalue weighted by Crippen LogP contribution is -2.28. The van der Waals surface area contributed by atoms with E-state index in [0.717, 1.165) is 7.11 Å². The minimum absolute atomic E-state index is 0.116. The van der Waals surface area contributed by atoms with Crippen LogP contribution in [0.15, 0.2) is 16.3 Å². The summed E-state index contributed by atoms with van der Waals surface area (Å²) in [5, 5.41) is 10.9. The average molecular weight is 242 g/mol. The number of esters is 1. The molecule has 17 heavy (non-hydrogen) atoms. The van der Waals surface area contributed by atoms with Crippen LogP contribution in [0.1, 0.15) is 20.3 Å². The van der Waals surface area contributed by atoms with Crippen molar-refractivity contribution >= 4 is 24.2 Å². The van der Waals surface area contributed by atoms with Crippen molar-refractivity contribution in [2.75, 3.05) is 7.11 Å². The largest absolute Gasteiger partial charge is 0.477 e. The highest BCUT2D eigenvalue weighted by Gasteiger charge is 2.21. The molecule has 0 radical (unpaired) electrons. The Labute approximate surface area is 98.2 Å². The number of urea groups is 1. The molecule has 0 rings (SSSR count). The maximum Gasteiger partial charge on any atom is 0.353 e. The summed E-state index contributed by atoms with van der Waals surface area (Å²) in [7, 11) is 1.13. The lowest BCUT2D eigenvalue weighted by molar-refractivity contribution is -0.138. The number of ether oxygens (including phenoxy) is 1. The molecule has 7 nitrogen and oxygen atoms in total. The smallest absolute Gasteiger partial charge is 0.353 e. The van der Waals surface area contributed by atoms with Gasteiger partial charge in [-0.25, -0.2) is 19.4 Å². The monoisotopic (exact) mass is 242 g/mol. The zero-order chi connectivity index (χ0) is 13.4. The second-order valence-corrected chi connectivity index (χ2v) is 2.82. The summed E-state index contributed by atoms with van der Waals surface area (Å²) in [5.74, 6) is -2.22. The van der Waals surface area contributed by atoms with Gasteiger partial charge in [-0.15, -0.1) is 0 Å². The van der Waals surface area contributed by atoms with Gasteiger partial charge in [-0.3, -0.25) is 5.32 Å². The third kappa shape index (κ3) is 4.45. The number of hydrogen-bond acceptors (Lipinski definition) is 4. The molecule has 0 aromatic heterocycles. The van der Waals surface area contributed by atoms with E-state index < -0.39 is 23.7 Å². The summed E-state index contributed by atoms with van der Waals surface area (Å²) < 4.78 is 4.43. The van der Waals surface area contributed by atoms with E-state index in [1.165, 1.54) is 13.1 Å². The normalized spacial score (nSPS) is 11.9. The number of carboxylic acid groups (broad SMARTS) is 1. The third-order valence-electron chi connectivity index (χ3n) is 1.78. The van der Waals surface area contributed by atoms with E-state index in [1.54, 1.807) is 6.92 Å². The molecule has 0 saturated carbocycles. The Balaban J connectivity index is 5.31. The van der Waals surface area contributed by atoms with Crippen LogP contribution in [0.4, 0.5) is 4.79 Å². The van der Waals surface area contributed by atoms with Crippen LogP contribution in [0.2, 0.25) is 0 Å². The number of nitrogens with one attached hydrogen (secondary N) is 1. The van der Waals surface area contributed by atoms with E-state index in [0.29, 0.717) is 0 Å². The van der Waals surface area contributed by atoms with Crippen LogP contribution in [0.25, 0.3) is 0 Å². The zero-order valence-electron chi connectivity index (χ0n) is 9.81. The molecule has 2 amide bonds. The molecule has 0 aliphatic carbocycles. The predicted molar refractivity (Wildman–Crippen MR) is 59.7 cm³/mol. The summed E-state index contributed by atoms with van der Waals surface area (Å²) in [4.78, 5) is 36.7. The number of carboxylic acids is 1. The van der Waals surface area contributed by atoms with Crippen molar-refractivity contribution in [3.8, 4) is 0 Å². The Morgan fingerprint density at radius 1 is 1.41 bits per heavy atom. The van der Waals surface area contributed by atoms with E-state index in [2.05, 4.69) is 9.73 Å². The van der Waals surface area contributed by atoms with Gasteiger partial charge in [-0.2, -0.15) is 0 Å². The second-order valence-electron chi connectivity index (χ2n) is 2.82. The van der Waals surface area contributed by atoms with Crippen molar-refractivity contribution in [2.45, 2.75) is 20.3 Å². The van der Waals surface area contributed by atoms with E-state index in [4.69, 9.17) is 5.11 Å². The molecule has 94 valence electrons. The molecule has 0 bridgehead atoms. The van der Waals surface area contributed by atoms with Crippen LogP contribution in [0.3, 0.4) is 0 Å². The standard InChI is InChI=1S/C10H14N2O5/c1-4-6(9(15)17-3)7(8(13)14)12-10(16)11-5-2/h5H,4H2,1-3H3,(H,12,16)(H,13,14)/b7-6-,11-5?. The highest BCUT2D eigenvalue weighted by atomic mass is 16.5. The zero-order valence-corrected chi connectivity index (χ0v) is 9.81. The number of hydrogen-bond donors (Lipinski definition) is 2. The fraction of sp³-hybridized carbons (Fsp3) is 0.400. The summed E-state index contributed by atoms with van der Waals surface area (Å²) >= 11 is 0. The summed E-state index contributed by atoms with van der Waals surface area (Å²) in [6.07, 6.45) is 1.32. The summed E-state index contributed by atoms with van der Waals surface area (Å²) in [6.45, 7) is 3.08. The quantitative estimate of drug-likeness (QED) is 0.429. The topological polar surface area (TPSA) is 105 Å². The van der Waals surface area contributed by atoms with Crippen molar-refractivity contribution in [3.05, 3.63) is 11.3 Å². The van der Waals surface area contributed by atoms with E-state index in [9.17, 15) is 14.4 Å². The van der Waals surface area contributed by atoms with Gasteiger partial charge in [0.2, 0.25) is 0 Å². The maximum atomic E-state index is 11.3. The van der Waals surface area contributed by atoms with Crippen molar-refractivity contribution in [2.24, 2.45) is 4.99 Å². The molecule has 0 saturated heterocycles. The number of methoxy groups -OCH3 is 1. The second kappa shape index (κ2) is 7.15. The van der Waals surface area contributed by atoms with Gasteiger partial charge in [0.1, 0.15) is 5.70 Å². The van der Waals surface area contributed by atoms with Gasteiger partial charge < -0.3 is 9.84 Å². The van der Waals surface area contributed by atoms with Crippen molar-refractivity contribution in [1.82, 2.24) is 5.32 Å². The van der Waals surface area contributed by atoms with Gasteiger partial charge in [0.05, 0.1) is 12.7 Å². The van der Waals surface area contributed by atoms with Crippen LogP contribution < -0.4 is 5.32 Å². The Kier molecular flexibility index (Phi) is 6.24. The molecular formula is C10H14N2O5. The maximum absolute atomic E-state index is 11.3. The molecule has 0 aromatic carbocycles. The molecule has 0 heterocycles. The van der Waals surface area contributed by atoms with Crippen molar-refractivity contribution in [1.29, 1.82) is 0 Å². The summed E-state index contributed by atoms with van der Waals surface area (Å²) in [6, 6.07) is -0.861.